The van der Waals surface area contributed by atoms with Gasteiger partial charge >= 0.3 is 5.43 Å². The van der Waals surface area contributed by atoms with Gasteiger partial charge in [0.05, 0.1) is 0 Å². The summed E-state index contributed by atoms with van der Waals surface area (Å²) in [5, 5.41) is 0. The lowest BCUT2D eigenvalue weighted by Crippen LogP contribution is -1.73. The summed E-state index contributed by atoms with van der Waals surface area (Å²) in [4.78, 5) is 9.67. The number of carbonyl (C=O) groups excluding carboxylic acids is 1. The third-order valence-corrected chi connectivity index (χ3v) is 0.969. The normalized spacial score (nSPS) is 9.43. The van der Waals surface area contributed by atoms with Crippen LogP contribution in [0.3, 0.4) is 0 Å². The zero-order valence-electron chi connectivity index (χ0n) is 3.17. The highest BCUT2D eigenvalue weighted by Crippen LogP contribution is 2.07. The van der Waals surface area contributed by atoms with Crippen LogP contribution in [0.15, 0.2) is 4.52 Å². The van der Waals surface area contributed by atoms with Crippen molar-refractivity contribution in [2.24, 2.45) is 4.52 Å². The van der Waals surface area contributed by atoms with Gasteiger partial charge in [0.2, 0.25) is 8.60 Å². The van der Waals surface area contributed by atoms with Crippen molar-refractivity contribution in [3.63, 3.8) is 0 Å². The fourth-order valence-corrected chi connectivity index (χ4v) is 0.401. The van der Waals surface area contributed by atoms with Crippen molar-refractivity contribution in [1.82, 2.24) is 0 Å². The Morgan fingerprint density at radius 3 is 2.71 bits per heavy atom. The molecule has 0 aromatic carbocycles. The Bertz CT molecular complexity index is 93.7. The standard InChI is InChI=1S/CH2ClNO2P2/c2-1(4)5-7-3-6/h6H2. The first-order valence-electron chi connectivity index (χ1n) is 1.24. The average Bonchev–Trinajstić information content (AvgIpc) is 1.61. The van der Waals surface area contributed by atoms with Crippen molar-refractivity contribution in [3.8, 4) is 0 Å². The predicted octanol–water partition coefficient (Wildman–Crippen LogP) is 2.20. The maximum absolute atomic E-state index is 9.67. The molecule has 6 heteroatoms. The van der Waals surface area contributed by atoms with Crippen LogP contribution in [0.1, 0.15) is 0 Å². The van der Waals surface area contributed by atoms with Gasteiger partial charge in [-0.2, -0.15) is 0 Å². The smallest absolute Gasteiger partial charge is 0.376 e. The second-order valence-electron chi connectivity index (χ2n) is 0.526. The van der Waals surface area contributed by atoms with E-state index in [4.69, 9.17) is 11.6 Å². The van der Waals surface area contributed by atoms with Crippen molar-refractivity contribution in [2.75, 3.05) is 0 Å². The molecule has 40 valence electrons. The lowest BCUT2D eigenvalue weighted by molar-refractivity contribution is 0.232. The highest BCUT2D eigenvalue weighted by Gasteiger charge is 1.87. The molecule has 0 aliphatic rings. The minimum Gasteiger partial charge on any atom is -0.376 e. The van der Waals surface area contributed by atoms with Crippen LogP contribution in [-0.4, -0.2) is 5.43 Å². The molecule has 0 aromatic rings. The molecule has 1 unspecified atom stereocenters. The van der Waals surface area contributed by atoms with E-state index >= 15 is 0 Å². The second kappa shape index (κ2) is 4.45. The minimum absolute atomic E-state index is 0.212. The van der Waals surface area contributed by atoms with Gasteiger partial charge in [-0.25, -0.2) is 9.31 Å². The third kappa shape index (κ3) is 6.29. The van der Waals surface area contributed by atoms with E-state index in [0.717, 1.165) is 0 Å². The molecule has 0 aromatic heterocycles. The molecule has 3 nitrogen and oxygen atoms in total. The second-order valence-corrected chi connectivity index (χ2v) is 2.10. The van der Waals surface area contributed by atoms with Crippen LogP contribution in [0.25, 0.3) is 0 Å². The maximum atomic E-state index is 9.67. The van der Waals surface area contributed by atoms with Crippen LogP contribution in [0.2, 0.25) is 0 Å². The molecule has 0 saturated heterocycles. The lowest BCUT2D eigenvalue weighted by atomic mass is 11.6. The van der Waals surface area contributed by atoms with Gasteiger partial charge in [-0.1, -0.05) is 0 Å². The molecule has 0 fully saturated rings. The van der Waals surface area contributed by atoms with E-state index < -0.39 is 5.43 Å². The molecule has 0 spiro atoms. The number of halogens is 1. The Kier molecular flexibility index (Phi) is 4.63. The SMILES string of the molecule is O=C(Cl)O/P=N/P. The number of rotatable bonds is 1. The van der Waals surface area contributed by atoms with E-state index in [1.165, 1.54) is 0 Å². The van der Waals surface area contributed by atoms with Gasteiger partial charge in [-0.05, 0) is 9.39 Å². The maximum Gasteiger partial charge on any atom is 0.413 e. The zero-order valence-corrected chi connectivity index (χ0v) is 5.97. The average molecular weight is 157 g/mol. The quantitative estimate of drug-likeness (QED) is 0.432. The van der Waals surface area contributed by atoms with Crippen LogP contribution in [0.5, 0.6) is 0 Å². The molecule has 0 radical (unpaired) electrons. The molecule has 1 atom stereocenters. The lowest BCUT2D eigenvalue weighted by Gasteiger charge is -1.78. The summed E-state index contributed by atoms with van der Waals surface area (Å²) in [5.41, 5.74) is -0.840. The van der Waals surface area contributed by atoms with Gasteiger partial charge in [-0.3, -0.25) is 0 Å². The van der Waals surface area contributed by atoms with Gasteiger partial charge in [0, 0.05) is 11.6 Å². The zero-order chi connectivity index (χ0) is 5.70. The fraction of sp³-hybridized carbons (Fsp3) is 0. The summed E-state index contributed by atoms with van der Waals surface area (Å²) in [6.07, 6.45) is 0. The molecule has 0 saturated carbocycles. The van der Waals surface area contributed by atoms with E-state index in [2.05, 4.69) is 9.04 Å². The Labute approximate surface area is 49.6 Å². The minimum atomic E-state index is -0.840. The van der Waals surface area contributed by atoms with Crippen molar-refractivity contribution < 1.29 is 9.32 Å². The van der Waals surface area contributed by atoms with E-state index in [9.17, 15) is 4.79 Å². The summed E-state index contributed by atoms with van der Waals surface area (Å²) in [6.45, 7) is 0. The summed E-state index contributed by atoms with van der Waals surface area (Å²) in [7, 11) is 2.23. The van der Waals surface area contributed by atoms with Crippen LogP contribution in [-0.2, 0) is 4.52 Å². The molecular formula is CH2ClNO2P2. The molecular weight excluding hydrogens is 155 g/mol. The molecule has 0 N–H and O–H groups in total. The van der Waals surface area contributed by atoms with Gasteiger partial charge in [0.25, 0.3) is 0 Å². The van der Waals surface area contributed by atoms with E-state index in [1.54, 1.807) is 0 Å². The number of nitrogens with zero attached hydrogens (tertiary/aromatic N) is 1. The Hall–Kier alpha value is 0.290. The molecule has 0 bridgehead atoms. The van der Waals surface area contributed by atoms with Crippen molar-refractivity contribution in [2.45, 2.75) is 0 Å². The van der Waals surface area contributed by atoms with Crippen LogP contribution >= 0.6 is 29.6 Å². The largest absolute Gasteiger partial charge is 0.413 e. The Morgan fingerprint density at radius 2 is 2.57 bits per heavy atom. The summed E-state index contributed by atoms with van der Waals surface area (Å²) in [5.74, 6) is 0. The number of hydrogen-bond acceptors (Lipinski definition) is 3. The Balaban J connectivity index is 3.14. The van der Waals surface area contributed by atoms with Crippen molar-refractivity contribution in [1.29, 1.82) is 0 Å². The van der Waals surface area contributed by atoms with Gasteiger partial charge in [-0.15, -0.1) is 0 Å². The monoisotopic (exact) mass is 157 g/mol. The van der Waals surface area contributed by atoms with Crippen LogP contribution < -0.4 is 0 Å². The van der Waals surface area contributed by atoms with Gasteiger partial charge < -0.3 is 4.52 Å². The highest BCUT2D eigenvalue weighted by atomic mass is 35.5. The fourth-order valence-electron chi connectivity index (χ4n) is 0.0557. The number of hydrogen-bond donors (Lipinski definition) is 0. The first-order valence-corrected chi connectivity index (χ1v) is 2.90. The summed E-state index contributed by atoms with van der Waals surface area (Å²) in [6, 6.07) is 0. The van der Waals surface area contributed by atoms with Gasteiger partial charge in [0.1, 0.15) is 0 Å². The molecule has 0 aliphatic carbocycles. The molecule has 0 heterocycles. The predicted molar refractivity (Wildman–Crippen MR) is 31.4 cm³/mol. The molecule has 0 aliphatic heterocycles. The summed E-state index contributed by atoms with van der Waals surface area (Å²) >= 11 is 4.72. The van der Waals surface area contributed by atoms with Gasteiger partial charge in [0.15, 0.2) is 0 Å². The topological polar surface area (TPSA) is 38.7 Å². The van der Waals surface area contributed by atoms with Crippen LogP contribution in [0.4, 0.5) is 4.79 Å². The van der Waals surface area contributed by atoms with Crippen molar-refractivity contribution >= 4 is 35.0 Å². The molecule has 0 amide bonds. The molecule has 0 rings (SSSR count). The van der Waals surface area contributed by atoms with E-state index in [1.807, 2.05) is 9.39 Å². The van der Waals surface area contributed by atoms with Crippen molar-refractivity contribution in [3.05, 3.63) is 0 Å². The first kappa shape index (κ1) is 7.29. The van der Waals surface area contributed by atoms with E-state index in [0.29, 0.717) is 0 Å². The first-order chi connectivity index (χ1) is 3.27. The highest BCUT2D eigenvalue weighted by molar-refractivity contribution is 7.31. The van der Waals surface area contributed by atoms with E-state index in [-0.39, 0.29) is 8.60 Å². The van der Waals surface area contributed by atoms with Crippen LogP contribution in [0, 0.1) is 0 Å². The summed E-state index contributed by atoms with van der Waals surface area (Å²) < 4.78 is 7.44. The molecule has 7 heavy (non-hydrogen) atoms. The number of carbonyl (C=O) groups is 1. The Morgan fingerprint density at radius 1 is 2.00 bits per heavy atom. The third-order valence-electron chi connectivity index (χ3n) is 0.160.